The van der Waals surface area contributed by atoms with Crippen LogP contribution >= 0.6 is 0 Å². The van der Waals surface area contributed by atoms with E-state index in [1.165, 1.54) is 24.3 Å². The van der Waals surface area contributed by atoms with Crippen molar-refractivity contribution in [3.8, 4) is 5.75 Å². The zero-order chi connectivity index (χ0) is 12.2. The standard InChI is InChI=1S/C11H12F2O3/c1-11(12,13)7-16-9-4-2-8(3-5-9)6-10(14)15/h2-5H,6-7H2,1H3,(H,14,15). The molecule has 0 atom stereocenters. The molecular formula is C11H12F2O3. The van der Waals surface area contributed by atoms with Crippen LogP contribution in [0.5, 0.6) is 5.75 Å². The number of rotatable bonds is 5. The molecule has 0 fully saturated rings. The van der Waals surface area contributed by atoms with Crippen LogP contribution in [0.2, 0.25) is 0 Å². The number of carboxylic acid groups (broad SMARTS) is 1. The van der Waals surface area contributed by atoms with E-state index in [4.69, 9.17) is 9.84 Å². The maximum absolute atomic E-state index is 12.5. The predicted octanol–water partition coefficient (Wildman–Crippen LogP) is 2.35. The monoisotopic (exact) mass is 230 g/mol. The molecule has 0 spiro atoms. The van der Waals surface area contributed by atoms with Gasteiger partial charge >= 0.3 is 5.97 Å². The Labute approximate surface area is 91.7 Å². The van der Waals surface area contributed by atoms with E-state index in [-0.39, 0.29) is 6.42 Å². The quantitative estimate of drug-likeness (QED) is 0.844. The van der Waals surface area contributed by atoms with E-state index in [1.54, 1.807) is 0 Å². The molecule has 1 N–H and O–H groups in total. The molecule has 0 amide bonds. The van der Waals surface area contributed by atoms with Crippen LogP contribution in [-0.2, 0) is 11.2 Å². The molecular weight excluding hydrogens is 218 g/mol. The first-order valence-corrected chi connectivity index (χ1v) is 4.68. The summed E-state index contributed by atoms with van der Waals surface area (Å²) in [4.78, 5) is 10.4. The Kier molecular flexibility index (Phi) is 3.82. The van der Waals surface area contributed by atoms with Crippen LogP contribution in [0.3, 0.4) is 0 Å². The van der Waals surface area contributed by atoms with Gasteiger partial charge in [-0.15, -0.1) is 0 Å². The van der Waals surface area contributed by atoms with Crippen molar-refractivity contribution in [2.45, 2.75) is 19.3 Å². The molecule has 0 unspecified atom stereocenters. The molecule has 0 saturated heterocycles. The highest BCUT2D eigenvalue weighted by molar-refractivity contribution is 5.70. The number of carbonyl (C=O) groups is 1. The molecule has 88 valence electrons. The van der Waals surface area contributed by atoms with Crippen LogP contribution in [0.4, 0.5) is 8.78 Å². The fourth-order valence-corrected chi connectivity index (χ4v) is 1.09. The summed E-state index contributed by atoms with van der Waals surface area (Å²) >= 11 is 0. The summed E-state index contributed by atoms with van der Waals surface area (Å²) in [6, 6.07) is 6.03. The summed E-state index contributed by atoms with van der Waals surface area (Å²) in [5.74, 6) is -3.51. The Morgan fingerprint density at radius 1 is 1.38 bits per heavy atom. The number of ether oxygens (including phenoxy) is 1. The van der Waals surface area contributed by atoms with Crippen LogP contribution < -0.4 is 4.74 Å². The topological polar surface area (TPSA) is 46.5 Å². The van der Waals surface area contributed by atoms with Crippen molar-refractivity contribution in [2.24, 2.45) is 0 Å². The second-order valence-electron chi connectivity index (χ2n) is 3.57. The summed E-state index contributed by atoms with van der Waals surface area (Å²) in [7, 11) is 0. The SMILES string of the molecule is CC(F)(F)COc1ccc(CC(=O)O)cc1. The number of carboxylic acids is 1. The second kappa shape index (κ2) is 4.92. The van der Waals surface area contributed by atoms with E-state index >= 15 is 0 Å². The van der Waals surface area contributed by atoms with Gasteiger partial charge in [-0.3, -0.25) is 4.79 Å². The Morgan fingerprint density at radius 2 is 1.94 bits per heavy atom. The van der Waals surface area contributed by atoms with Gasteiger partial charge in [-0.1, -0.05) is 12.1 Å². The number of halogens is 2. The molecule has 0 heterocycles. The molecule has 1 rings (SSSR count). The molecule has 0 aliphatic rings. The van der Waals surface area contributed by atoms with Crippen LogP contribution in [0, 0.1) is 0 Å². The summed E-state index contributed by atoms with van der Waals surface area (Å²) in [5.41, 5.74) is 0.600. The fourth-order valence-electron chi connectivity index (χ4n) is 1.09. The van der Waals surface area contributed by atoms with Crippen LogP contribution in [0.1, 0.15) is 12.5 Å². The molecule has 5 heteroatoms. The van der Waals surface area contributed by atoms with Crippen LogP contribution in [0.15, 0.2) is 24.3 Å². The Hall–Kier alpha value is -1.65. The summed E-state index contributed by atoms with van der Waals surface area (Å²) in [6.07, 6.45) is -0.0930. The van der Waals surface area contributed by atoms with Gasteiger partial charge in [0, 0.05) is 6.92 Å². The molecule has 16 heavy (non-hydrogen) atoms. The molecule has 0 saturated carbocycles. The van der Waals surface area contributed by atoms with E-state index in [0.717, 1.165) is 6.92 Å². The van der Waals surface area contributed by atoms with E-state index < -0.39 is 18.5 Å². The lowest BCUT2D eigenvalue weighted by Crippen LogP contribution is -2.20. The van der Waals surface area contributed by atoms with E-state index in [9.17, 15) is 13.6 Å². The minimum absolute atomic E-state index is 0.0930. The molecule has 1 aromatic carbocycles. The molecule has 0 aromatic heterocycles. The third-order valence-corrected chi connectivity index (χ3v) is 1.77. The maximum Gasteiger partial charge on any atom is 0.307 e. The highest BCUT2D eigenvalue weighted by atomic mass is 19.3. The fraction of sp³-hybridized carbons (Fsp3) is 0.364. The second-order valence-corrected chi connectivity index (χ2v) is 3.57. The maximum atomic E-state index is 12.5. The molecule has 0 aliphatic heterocycles. The Balaban J connectivity index is 2.55. The van der Waals surface area contributed by atoms with Gasteiger partial charge in [0.2, 0.25) is 0 Å². The molecule has 3 nitrogen and oxygen atoms in total. The van der Waals surface area contributed by atoms with Crippen molar-refractivity contribution in [2.75, 3.05) is 6.61 Å². The average molecular weight is 230 g/mol. The summed E-state index contributed by atoms with van der Waals surface area (Å²) < 4.78 is 29.7. The first kappa shape index (κ1) is 12.4. The van der Waals surface area contributed by atoms with Gasteiger partial charge in [0.05, 0.1) is 6.42 Å². The molecule has 1 aromatic rings. The van der Waals surface area contributed by atoms with Gasteiger partial charge in [-0.05, 0) is 17.7 Å². The first-order chi connectivity index (χ1) is 7.37. The number of hydrogen-bond acceptors (Lipinski definition) is 2. The van der Waals surface area contributed by atoms with Crippen molar-refractivity contribution in [1.82, 2.24) is 0 Å². The van der Waals surface area contributed by atoms with Gasteiger partial charge in [0.15, 0.2) is 6.61 Å². The number of benzene rings is 1. The van der Waals surface area contributed by atoms with Crippen molar-refractivity contribution in [3.63, 3.8) is 0 Å². The summed E-state index contributed by atoms with van der Waals surface area (Å²) in [6.45, 7) is 0.0804. The summed E-state index contributed by atoms with van der Waals surface area (Å²) in [5, 5.41) is 8.52. The largest absolute Gasteiger partial charge is 0.487 e. The van der Waals surface area contributed by atoms with Gasteiger partial charge in [-0.2, -0.15) is 0 Å². The average Bonchev–Trinajstić information content (AvgIpc) is 2.14. The first-order valence-electron chi connectivity index (χ1n) is 4.68. The van der Waals surface area contributed by atoms with Crippen molar-refractivity contribution >= 4 is 5.97 Å². The smallest absolute Gasteiger partial charge is 0.307 e. The van der Waals surface area contributed by atoms with E-state index in [1.807, 2.05) is 0 Å². The lowest BCUT2D eigenvalue weighted by atomic mass is 10.1. The number of aliphatic carboxylic acids is 1. The molecule has 0 aliphatic carbocycles. The number of alkyl halides is 2. The normalized spacial score (nSPS) is 11.2. The zero-order valence-electron chi connectivity index (χ0n) is 8.74. The van der Waals surface area contributed by atoms with Gasteiger partial charge in [-0.25, -0.2) is 8.78 Å². The zero-order valence-corrected chi connectivity index (χ0v) is 8.74. The van der Waals surface area contributed by atoms with Crippen molar-refractivity contribution in [3.05, 3.63) is 29.8 Å². The van der Waals surface area contributed by atoms with Gasteiger partial charge < -0.3 is 9.84 Å². The Morgan fingerprint density at radius 3 is 2.38 bits per heavy atom. The predicted molar refractivity (Wildman–Crippen MR) is 53.9 cm³/mol. The minimum atomic E-state index is -2.88. The van der Waals surface area contributed by atoms with Crippen LogP contribution in [-0.4, -0.2) is 23.6 Å². The van der Waals surface area contributed by atoms with E-state index in [0.29, 0.717) is 11.3 Å². The molecule has 0 radical (unpaired) electrons. The van der Waals surface area contributed by atoms with Gasteiger partial charge in [0.1, 0.15) is 5.75 Å². The van der Waals surface area contributed by atoms with E-state index in [2.05, 4.69) is 0 Å². The van der Waals surface area contributed by atoms with Crippen molar-refractivity contribution < 1.29 is 23.4 Å². The highest BCUT2D eigenvalue weighted by Crippen LogP contribution is 2.17. The highest BCUT2D eigenvalue weighted by Gasteiger charge is 2.21. The van der Waals surface area contributed by atoms with Crippen LogP contribution in [0.25, 0.3) is 0 Å². The number of hydrogen-bond donors (Lipinski definition) is 1. The minimum Gasteiger partial charge on any atom is -0.487 e. The molecule has 0 bridgehead atoms. The van der Waals surface area contributed by atoms with Gasteiger partial charge in [0.25, 0.3) is 5.92 Å². The Bertz CT molecular complexity index is 354. The van der Waals surface area contributed by atoms with Crippen molar-refractivity contribution in [1.29, 1.82) is 0 Å². The lowest BCUT2D eigenvalue weighted by Gasteiger charge is -2.11. The third-order valence-electron chi connectivity index (χ3n) is 1.77. The lowest BCUT2D eigenvalue weighted by molar-refractivity contribution is -0.136. The third kappa shape index (κ3) is 4.72.